The molecule has 0 N–H and O–H groups in total. The smallest absolute Gasteiger partial charge is 0.000764 e. The van der Waals surface area contributed by atoms with Crippen molar-refractivity contribution in [2.75, 3.05) is 0 Å². The lowest BCUT2D eigenvalue weighted by Crippen LogP contribution is -2.10. The van der Waals surface area contributed by atoms with E-state index in [1.165, 1.54) is 168 Å². The van der Waals surface area contributed by atoms with E-state index in [9.17, 15) is 0 Å². The summed E-state index contributed by atoms with van der Waals surface area (Å²) in [7, 11) is 0. The minimum Gasteiger partial charge on any atom is -0.0616 e. The molecule has 56 heavy (non-hydrogen) atoms. The van der Waals surface area contributed by atoms with Gasteiger partial charge in [0.2, 0.25) is 0 Å². The Morgan fingerprint density at radius 1 is 0.357 bits per heavy atom. The van der Waals surface area contributed by atoms with Gasteiger partial charge < -0.3 is 0 Å². The SMILES string of the molecule is CC(C)(C)c1ccc2c(c1)c1cccc3c(C4CCCCC4)c4c5ccc6c7ccc8c9c(ccc(c%10ccc(c5c6%10)c4c2c31)c97)-c1cc2ccccc2cc1-8. The monoisotopic (exact) mass is 712 g/mol. The van der Waals surface area contributed by atoms with Crippen molar-refractivity contribution in [2.24, 2.45) is 0 Å². The van der Waals surface area contributed by atoms with Crippen molar-refractivity contribution in [3.05, 3.63) is 132 Å². The quantitative estimate of drug-likeness (QED) is 0.117. The minimum atomic E-state index is 0.0896. The zero-order chi connectivity index (χ0) is 36.8. The van der Waals surface area contributed by atoms with Gasteiger partial charge in [-0.05, 0) is 183 Å². The van der Waals surface area contributed by atoms with Gasteiger partial charge in [0.15, 0.2) is 0 Å². The van der Waals surface area contributed by atoms with Gasteiger partial charge in [0, 0.05) is 0 Å². The van der Waals surface area contributed by atoms with Gasteiger partial charge in [-0.3, -0.25) is 0 Å². The first-order valence-corrected chi connectivity index (χ1v) is 21.0. The molecule has 0 saturated heterocycles. The first-order valence-electron chi connectivity index (χ1n) is 21.0. The van der Waals surface area contributed by atoms with E-state index in [4.69, 9.17) is 0 Å². The number of hydrogen-bond acceptors (Lipinski definition) is 0. The molecule has 0 heteroatoms. The molecule has 2 aliphatic rings. The van der Waals surface area contributed by atoms with Crippen LogP contribution in [0.1, 0.15) is 69.9 Å². The topological polar surface area (TPSA) is 0 Å². The van der Waals surface area contributed by atoms with Gasteiger partial charge in [-0.1, -0.05) is 143 Å². The lowest BCUT2D eigenvalue weighted by atomic mass is 9.79. The average molecular weight is 713 g/mol. The Labute approximate surface area is 325 Å². The Hall–Kier alpha value is -5.98. The molecule has 0 nitrogen and oxygen atoms in total. The zero-order valence-electron chi connectivity index (χ0n) is 32.2. The maximum atomic E-state index is 2.53. The largest absolute Gasteiger partial charge is 0.0616 e. The molecule has 2 aliphatic carbocycles. The number of rotatable bonds is 1. The van der Waals surface area contributed by atoms with Crippen molar-refractivity contribution < 1.29 is 0 Å². The van der Waals surface area contributed by atoms with E-state index in [0.717, 1.165) is 0 Å². The van der Waals surface area contributed by atoms with Gasteiger partial charge in [0.05, 0.1) is 0 Å². The van der Waals surface area contributed by atoms with Crippen LogP contribution in [0, 0.1) is 0 Å². The first-order chi connectivity index (χ1) is 27.4. The van der Waals surface area contributed by atoms with E-state index in [1.54, 1.807) is 5.56 Å². The average Bonchev–Trinajstić information content (AvgIpc) is 3.85. The Bertz CT molecular complexity index is 3600. The predicted octanol–water partition coefficient (Wildman–Crippen LogP) is 16.5. The van der Waals surface area contributed by atoms with Crippen LogP contribution in [0.4, 0.5) is 0 Å². The van der Waals surface area contributed by atoms with Gasteiger partial charge in [0.1, 0.15) is 0 Å². The van der Waals surface area contributed by atoms with Crippen LogP contribution in [0.3, 0.4) is 0 Å². The third-order valence-electron chi connectivity index (χ3n) is 14.7. The lowest BCUT2D eigenvalue weighted by Gasteiger charge is -2.25. The van der Waals surface area contributed by atoms with Crippen LogP contribution < -0.4 is 0 Å². The molecule has 0 aromatic heterocycles. The number of fused-ring (bicyclic) bond motifs is 13. The summed E-state index contributed by atoms with van der Waals surface area (Å²) in [5.41, 5.74) is 8.61. The van der Waals surface area contributed by atoms with E-state index in [-0.39, 0.29) is 5.41 Å². The van der Waals surface area contributed by atoms with Crippen molar-refractivity contribution in [2.45, 2.75) is 64.2 Å². The van der Waals surface area contributed by atoms with E-state index >= 15 is 0 Å². The van der Waals surface area contributed by atoms with Crippen LogP contribution in [0.25, 0.3) is 130 Å². The maximum absolute atomic E-state index is 2.53. The highest BCUT2D eigenvalue weighted by Crippen LogP contribution is 2.57. The molecule has 0 radical (unpaired) electrons. The molecule has 264 valence electrons. The molecule has 0 aliphatic heterocycles. The predicted molar refractivity (Wildman–Crippen MR) is 244 cm³/mol. The summed E-state index contributed by atoms with van der Waals surface area (Å²) in [5.74, 6) is 0.582. The Kier molecular flexibility index (Phi) is 5.43. The van der Waals surface area contributed by atoms with Crippen molar-refractivity contribution in [1.82, 2.24) is 0 Å². The van der Waals surface area contributed by atoms with Crippen LogP contribution in [0.15, 0.2) is 121 Å². The van der Waals surface area contributed by atoms with Crippen molar-refractivity contribution in [3.63, 3.8) is 0 Å². The first kappa shape index (κ1) is 30.3. The molecule has 0 bridgehead atoms. The highest BCUT2D eigenvalue weighted by molar-refractivity contribution is 6.49. The highest BCUT2D eigenvalue weighted by atomic mass is 14.3. The van der Waals surface area contributed by atoms with Crippen molar-refractivity contribution in [3.8, 4) is 22.3 Å². The molecule has 0 unspecified atom stereocenters. The zero-order valence-corrected chi connectivity index (χ0v) is 32.2. The third kappa shape index (κ3) is 3.51. The summed E-state index contributed by atoms with van der Waals surface area (Å²) < 4.78 is 0. The Morgan fingerprint density at radius 3 is 1.50 bits per heavy atom. The summed E-state index contributed by atoms with van der Waals surface area (Å²) >= 11 is 0. The fourth-order valence-corrected chi connectivity index (χ4v) is 12.3. The van der Waals surface area contributed by atoms with E-state index in [2.05, 4.69) is 142 Å². The van der Waals surface area contributed by atoms with Crippen molar-refractivity contribution >= 4 is 108 Å². The van der Waals surface area contributed by atoms with E-state index in [0.29, 0.717) is 5.92 Å². The summed E-state index contributed by atoms with van der Waals surface area (Å²) in [5, 5.41) is 28.6. The van der Waals surface area contributed by atoms with Gasteiger partial charge in [-0.25, -0.2) is 0 Å². The Balaban J connectivity index is 1.17. The molecule has 12 aromatic carbocycles. The standard InChI is InChI=1S/C56H40/c1-56(2,3)32-16-17-40-46(28-32)33-14-9-15-41-47(29-10-5-4-6-11-29)54-42-24-22-36-34-18-20-38-44-26-30-12-7-8-13-31(30)27-45(44)39-21-19-35(48(34)50(38)39)37-23-25-43(52(42)49(36)37)55(54)53(40)51(33)41/h7-9,12-29H,4-6,10-11H2,1-3H3. The van der Waals surface area contributed by atoms with Crippen molar-refractivity contribution in [1.29, 1.82) is 0 Å². The van der Waals surface area contributed by atoms with Crippen LogP contribution in [-0.4, -0.2) is 0 Å². The molecule has 1 saturated carbocycles. The summed E-state index contributed by atoms with van der Waals surface area (Å²) in [6.45, 7) is 7.04. The second-order valence-corrected chi connectivity index (χ2v) is 18.5. The number of hydrogen-bond donors (Lipinski definition) is 0. The molecule has 0 atom stereocenters. The van der Waals surface area contributed by atoms with E-state index < -0.39 is 0 Å². The number of benzene rings is 10. The third-order valence-corrected chi connectivity index (χ3v) is 14.7. The highest BCUT2D eigenvalue weighted by Gasteiger charge is 2.31. The summed E-state index contributed by atoms with van der Waals surface area (Å²) in [6, 6.07) is 48.0. The fourth-order valence-electron chi connectivity index (χ4n) is 12.3. The molecule has 12 aromatic rings. The van der Waals surface area contributed by atoms with Crippen LogP contribution in [0.5, 0.6) is 0 Å². The molecule has 0 spiro atoms. The lowest BCUT2D eigenvalue weighted by molar-refractivity contribution is 0.447. The molecular weight excluding hydrogens is 673 g/mol. The molecule has 14 rings (SSSR count). The molecular formula is C56H40. The summed E-state index contributed by atoms with van der Waals surface area (Å²) in [4.78, 5) is 0. The Morgan fingerprint density at radius 2 is 0.839 bits per heavy atom. The second kappa shape index (κ2) is 10.1. The van der Waals surface area contributed by atoms with Gasteiger partial charge in [0.25, 0.3) is 0 Å². The normalized spacial score (nSPS) is 15.3. The molecule has 0 heterocycles. The summed E-state index contributed by atoms with van der Waals surface area (Å²) in [6.07, 6.45) is 6.58. The van der Waals surface area contributed by atoms with Crippen LogP contribution >= 0.6 is 0 Å². The van der Waals surface area contributed by atoms with Crippen LogP contribution in [-0.2, 0) is 5.41 Å². The minimum absolute atomic E-state index is 0.0896. The fraction of sp³-hybridized carbons (Fsp3) is 0.179. The molecule has 1 fully saturated rings. The second-order valence-electron chi connectivity index (χ2n) is 18.5. The van der Waals surface area contributed by atoms with Gasteiger partial charge in [-0.15, -0.1) is 0 Å². The maximum Gasteiger partial charge on any atom is -0.000764 e. The molecule has 0 amide bonds. The van der Waals surface area contributed by atoms with Gasteiger partial charge in [-0.2, -0.15) is 0 Å². The van der Waals surface area contributed by atoms with Crippen LogP contribution in [0.2, 0.25) is 0 Å². The van der Waals surface area contributed by atoms with E-state index in [1.807, 2.05) is 0 Å². The van der Waals surface area contributed by atoms with Gasteiger partial charge >= 0.3 is 0 Å².